The number of hydrogen-bond acceptors (Lipinski definition) is 3. The summed E-state index contributed by atoms with van der Waals surface area (Å²) in [7, 11) is 0. The van der Waals surface area contributed by atoms with Crippen LogP contribution in [0.15, 0.2) is 24.3 Å². The highest BCUT2D eigenvalue weighted by Crippen LogP contribution is 2.23. The molecule has 0 saturated carbocycles. The van der Waals surface area contributed by atoms with Crippen LogP contribution < -0.4 is 15.1 Å². The zero-order valence-corrected chi connectivity index (χ0v) is 7.49. The van der Waals surface area contributed by atoms with Gasteiger partial charge in [-0.3, -0.25) is 0 Å². The Morgan fingerprint density at radius 1 is 1.14 bits per heavy atom. The molecule has 0 radical (unpaired) electrons. The minimum Gasteiger partial charge on any atom is -0.406 e. The summed E-state index contributed by atoms with van der Waals surface area (Å²) in [4.78, 5) is 2.11. The molecule has 0 aliphatic heterocycles. The summed E-state index contributed by atoms with van der Waals surface area (Å²) in [5.74, 6) is -0.280. The Labute approximate surface area is 82.9 Å². The van der Waals surface area contributed by atoms with Gasteiger partial charge in [0.05, 0.1) is 5.69 Å². The topological polar surface area (TPSA) is 33.3 Å². The molecule has 0 spiro atoms. The summed E-state index contributed by atoms with van der Waals surface area (Å²) in [6.07, 6.45) is -4.67. The number of alkyl halides is 3. The van der Waals surface area contributed by atoms with E-state index in [4.69, 9.17) is 11.8 Å². The molecule has 0 heterocycles. The molecule has 0 unspecified atom stereocenters. The highest BCUT2D eigenvalue weighted by molar-refractivity contribution is 6.13. The Balaban J connectivity index is 2.64. The van der Waals surface area contributed by atoms with Gasteiger partial charge in [0.2, 0.25) is 0 Å². The summed E-state index contributed by atoms with van der Waals surface area (Å²) in [5, 5.41) is 0. The van der Waals surface area contributed by atoms with Crippen LogP contribution in [0.25, 0.3) is 0 Å². The molecule has 14 heavy (non-hydrogen) atoms. The maximum absolute atomic E-state index is 11.7. The van der Waals surface area contributed by atoms with Crippen molar-refractivity contribution < 1.29 is 17.9 Å². The van der Waals surface area contributed by atoms with Crippen LogP contribution in [0.2, 0.25) is 0 Å². The predicted octanol–water partition coefficient (Wildman–Crippen LogP) is 2.66. The molecular formula is C7H6ClF3N2O. The normalized spacial score (nSPS) is 11.1. The molecule has 2 N–H and O–H groups in total. The number of hydrogen-bond donors (Lipinski definition) is 2. The summed E-state index contributed by atoms with van der Waals surface area (Å²) >= 11 is 5.11. The molecule has 0 aliphatic rings. The van der Waals surface area contributed by atoms with Crippen LogP contribution in [0, 0.1) is 0 Å². The molecule has 0 aromatic heterocycles. The maximum Gasteiger partial charge on any atom is 0.573 e. The van der Waals surface area contributed by atoms with Crippen molar-refractivity contribution in [1.29, 1.82) is 0 Å². The van der Waals surface area contributed by atoms with Crippen LogP contribution in [0.5, 0.6) is 5.75 Å². The van der Waals surface area contributed by atoms with Crippen molar-refractivity contribution in [3.63, 3.8) is 0 Å². The van der Waals surface area contributed by atoms with Crippen molar-refractivity contribution in [2.45, 2.75) is 6.36 Å². The van der Waals surface area contributed by atoms with E-state index in [9.17, 15) is 13.2 Å². The summed E-state index contributed by atoms with van der Waals surface area (Å²) in [6, 6.07) is 5.11. The molecule has 7 heteroatoms. The van der Waals surface area contributed by atoms with Crippen LogP contribution in [0.4, 0.5) is 18.9 Å². The van der Waals surface area contributed by atoms with Crippen molar-refractivity contribution in [2.24, 2.45) is 0 Å². The van der Waals surface area contributed by atoms with E-state index in [1.165, 1.54) is 24.3 Å². The zero-order chi connectivity index (χ0) is 10.6. The lowest BCUT2D eigenvalue weighted by atomic mass is 10.3. The fourth-order valence-corrected chi connectivity index (χ4v) is 0.904. The molecule has 78 valence electrons. The van der Waals surface area contributed by atoms with Crippen molar-refractivity contribution in [1.82, 2.24) is 4.94 Å². The van der Waals surface area contributed by atoms with Gasteiger partial charge < -0.3 is 10.2 Å². The Hall–Kier alpha value is -1.14. The van der Waals surface area contributed by atoms with Gasteiger partial charge >= 0.3 is 6.36 Å². The van der Waals surface area contributed by atoms with Gasteiger partial charge in [-0.1, -0.05) is 0 Å². The van der Waals surface area contributed by atoms with Gasteiger partial charge in [0.1, 0.15) is 5.75 Å². The molecule has 0 atom stereocenters. The summed E-state index contributed by atoms with van der Waals surface area (Å²) < 4.78 is 38.8. The third-order valence-electron chi connectivity index (χ3n) is 1.28. The lowest BCUT2D eigenvalue weighted by Crippen LogP contribution is -2.17. The number of benzene rings is 1. The Kier molecular flexibility index (Phi) is 3.43. The lowest BCUT2D eigenvalue weighted by molar-refractivity contribution is -0.274. The predicted molar refractivity (Wildman–Crippen MR) is 45.7 cm³/mol. The number of anilines is 1. The number of nitrogens with one attached hydrogen (secondary N) is 2. The highest BCUT2D eigenvalue weighted by Gasteiger charge is 2.30. The fourth-order valence-electron chi connectivity index (χ4n) is 0.794. The number of halogens is 4. The Morgan fingerprint density at radius 3 is 2.14 bits per heavy atom. The molecule has 0 fully saturated rings. The van der Waals surface area contributed by atoms with Crippen LogP contribution in [-0.2, 0) is 0 Å². The largest absolute Gasteiger partial charge is 0.573 e. The first-order valence-corrected chi connectivity index (χ1v) is 3.86. The molecule has 1 aromatic rings. The van der Waals surface area contributed by atoms with Gasteiger partial charge in [-0.2, -0.15) is 0 Å². The van der Waals surface area contributed by atoms with Crippen molar-refractivity contribution in [2.75, 3.05) is 5.43 Å². The van der Waals surface area contributed by atoms with Crippen LogP contribution in [-0.4, -0.2) is 6.36 Å². The first-order chi connectivity index (χ1) is 6.51. The Morgan fingerprint density at radius 2 is 1.71 bits per heavy atom. The molecule has 0 saturated heterocycles. The monoisotopic (exact) mass is 226 g/mol. The van der Waals surface area contributed by atoms with E-state index in [0.29, 0.717) is 5.69 Å². The smallest absolute Gasteiger partial charge is 0.406 e. The van der Waals surface area contributed by atoms with E-state index < -0.39 is 6.36 Å². The van der Waals surface area contributed by atoms with E-state index in [1.54, 1.807) is 0 Å². The van der Waals surface area contributed by atoms with E-state index in [2.05, 4.69) is 15.1 Å². The second-order valence-corrected chi connectivity index (χ2v) is 2.48. The van der Waals surface area contributed by atoms with E-state index in [0.717, 1.165) is 0 Å². The van der Waals surface area contributed by atoms with Gasteiger partial charge in [-0.25, -0.2) is 0 Å². The van der Waals surface area contributed by atoms with Crippen LogP contribution >= 0.6 is 11.8 Å². The van der Waals surface area contributed by atoms with Crippen LogP contribution in [0.1, 0.15) is 0 Å². The maximum atomic E-state index is 11.7. The highest BCUT2D eigenvalue weighted by atomic mass is 35.5. The van der Waals surface area contributed by atoms with Crippen molar-refractivity contribution >= 4 is 17.5 Å². The quantitative estimate of drug-likeness (QED) is 0.614. The van der Waals surface area contributed by atoms with E-state index in [1.807, 2.05) is 0 Å². The molecule has 0 bridgehead atoms. The molecule has 0 amide bonds. The fraction of sp³-hybridized carbons (Fsp3) is 0.143. The van der Waals surface area contributed by atoms with Crippen molar-refractivity contribution in [3.05, 3.63) is 24.3 Å². The first-order valence-electron chi connectivity index (χ1n) is 3.49. The standard InChI is InChI=1S/C7H6ClF3N2O/c8-13-12-5-1-3-6(4-2-5)14-7(9,10)11/h1-4,12-13H. The lowest BCUT2D eigenvalue weighted by Gasteiger charge is -2.09. The SMILES string of the molecule is FC(F)(F)Oc1ccc(NNCl)cc1. The third kappa shape index (κ3) is 3.71. The molecule has 1 aromatic carbocycles. The minimum absolute atomic E-state index is 0.280. The van der Waals surface area contributed by atoms with E-state index >= 15 is 0 Å². The van der Waals surface area contributed by atoms with Gasteiger partial charge in [-0.05, 0) is 36.0 Å². The van der Waals surface area contributed by atoms with Gasteiger partial charge in [-0.15, -0.1) is 18.1 Å². The second kappa shape index (κ2) is 4.39. The molecule has 1 rings (SSSR count). The zero-order valence-electron chi connectivity index (χ0n) is 6.73. The number of ether oxygens (including phenoxy) is 1. The Bertz CT molecular complexity index is 288. The molecule has 0 aliphatic carbocycles. The summed E-state index contributed by atoms with van der Waals surface area (Å²) in [6.45, 7) is 0. The second-order valence-electron chi connectivity index (χ2n) is 2.29. The number of rotatable bonds is 3. The van der Waals surface area contributed by atoms with Crippen LogP contribution in [0.3, 0.4) is 0 Å². The minimum atomic E-state index is -4.67. The first kappa shape index (κ1) is 10.9. The van der Waals surface area contributed by atoms with E-state index in [-0.39, 0.29) is 5.75 Å². The summed E-state index contributed by atoms with van der Waals surface area (Å²) in [5.41, 5.74) is 3.00. The average Bonchev–Trinajstić information content (AvgIpc) is 2.06. The molecular weight excluding hydrogens is 221 g/mol. The van der Waals surface area contributed by atoms with Gasteiger partial charge in [0, 0.05) is 0 Å². The third-order valence-corrected chi connectivity index (χ3v) is 1.37. The molecule has 3 nitrogen and oxygen atoms in total. The number of hydrazine groups is 1. The van der Waals surface area contributed by atoms with Gasteiger partial charge in [0.25, 0.3) is 0 Å². The van der Waals surface area contributed by atoms with Crippen molar-refractivity contribution in [3.8, 4) is 5.75 Å². The average molecular weight is 227 g/mol. The van der Waals surface area contributed by atoms with Gasteiger partial charge in [0.15, 0.2) is 0 Å².